The third-order valence-corrected chi connectivity index (χ3v) is 3.95. The van der Waals surface area contributed by atoms with Crippen LogP contribution in [0.5, 0.6) is 0 Å². The van der Waals surface area contributed by atoms with Gasteiger partial charge in [0.1, 0.15) is 5.82 Å². The Labute approximate surface area is 124 Å². The molecule has 0 spiro atoms. The molecule has 0 bridgehead atoms. The Morgan fingerprint density at radius 2 is 1.67 bits per heavy atom. The Morgan fingerprint density at radius 1 is 0.905 bits per heavy atom. The summed E-state index contributed by atoms with van der Waals surface area (Å²) in [6, 6.07) is 19.6. The van der Waals surface area contributed by atoms with E-state index in [0.29, 0.717) is 0 Å². The Morgan fingerprint density at radius 3 is 2.43 bits per heavy atom. The number of fused-ring (bicyclic) bond motifs is 1. The lowest BCUT2D eigenvalue weighted by atomic mass is 9.93. The van der Waals surface area contributed by atoms with Crippen molar-refractivity contribution in [2.24, 2.45) is 0 Å². The average Bonchev–Trinajstić information content (AvgIpc) is 2.51. The summed E-state index contributed by atoms with van der Waals surface area (Å²) in [5.41, 5.74) is 3.21. The first-order valence-corrected chi connectivity index (χ1v) is 7.11. The van der Waals surface area contributed by atoms with Crippen LogP contribution in [0.3, 0.4) is 0 Å². The second kappa shape index (κ2) is 5.66. The first-order valence-electron chi connectivity index (χ1n) is 7.11. The molecule has 0 heterocycles. The first kappa shape index (κ1) is 13.8. The maximum absolute atomic E-state index is 13.6. The maximum Gasteiger partial charge on any atom is 0.123 e. The molecule has 1 N–H and O–H groups in total. The Hall–Kier alpha value is -2.19. The third-order valence-electron chi connectivity index (χ3n) is 3.95. The first-order chi connectivity index (χ1) is 10.2. The standard InChI is InChI=1S/C19H18FN/c1-13-7-10-17(20)12-18(13)19(21-2)16-9-8-14-5-3-4-6-15(14)11-16/h3-12,19,21H,1-2H3. The summed E-state index contributed by atoms with van der Waals surface area (Å²) in [6.45, 7) is 2.01. The van der Waals surface area contributed by atoms with Crippen molar-refractivity contribution >= 4 is 10.8 Å². The van der Waals surface area contributed by atoms with E-state index in [4.69, 9.17) is 0 Å². The molecule has 0 saturated carbocycles. The van der Waals surface area contributed by atoms with E-state index in [0.717, 1.165) is 16.7 Å². The number of nitrogens with one attached hydrogen (secondary N) is 1. The van der Waals surface area contributed by atoms with Crippen LogP contribution in [0.2, 0.25) is 0 Å². The van der Waals surface area contributed by atoms with Gasteiger partial charge in [-0.1, -0.05) is 42.5 Å². The Kier molecular flexibility index (Phi) is 3.72. The number of aryl methyl sites for hydroxylation is 1. The van der Waals surface area contributed by atoms with Gasteiger partial charge in [0.05, 0.1) is 6.04 Å². The van der Waals surface area contributed by atoms with Crippen molar-refractivity contribution in [1.29, 1.82) is 0 Å². The maximum atomic E-state index is 13.6. The molecule has 21 heavy (non-hydrogen) atoms. The lowest BCUT2D eigenvalue weighted by molar-refractivity contribution is 0.615. The highest BCUT2D eigenvalue weighted by molar-refractivity contribution is 5.83. The molecule has 0 amide bonds. The van der Waals surface area contributed by atoms with Crippen molar-refractivity contribution in [2.75, 3.05) is 7.05 Å². The van der Waals surface area contributed by atoms with Crippen LogP contribution in [0.25, 0.3) is 10.8 Å². The van der Waals surface area contributed by atoms with Gasteiger partial charge in [-0.3, -0.25) is 0 Å². The molecular weight excluding hydrogens is 261 g/mol. The van der Waals surface area contributed by atoms with Gasteiger partial charge in [0.25, 0.3) is 0 Å². The quantitative estimate of drug-likeness (QED) is 0.739. The molecule has 0 aromatic heterocycles. The molecule has 0 fully saturated rings. The summed E-state index contributed by atoms with van der Waals surface area (Å²) >= 11 is 0. The molecule has 1 atom stereocenters. The zero-order valence-corrected chi connectivity index (χ0v) is 12.2. The summed E-state index contributed by atoms with van der Waals surface area (Å²) in [5, 5.41) is 5.71. The van der Waals surface area contributed by atoms with Gasteiger partial charge in [-0.05, 0) is 59.6 Å². The van der Waals surface area contributed by atoms with Crippen LogP contribution >= 0.6 is 0 Å². The smallest absolute Gasteiger partial charge is 0.123 e. The highest BCUT2D eigenvalue weighted by Gasteiger charge is 2.15. The minimum absolute atomic E-state index is 0.00898. The van der Waals surface area contributed by atoms with Gasteiger partial charge in [-0.15, -0.1) is 0 Å². The number of hydrogen-bond donors (Lipinski definition) is 1. The molecule has 106 valence electrons. The predicted molar refractivity (Wildman–Crippen MR) is 86.0 cm³/mol. The lowest BCUT2D eigenvalue weighted by Gasteiger charge is -2.20. The minimum atomic E-state index is -0.198. The van der Waals surface area contributed by atoms with Gasteiger partial charge in [-0.25, -0.2) is 4.39 Å². The van der Waals surface area contributed by atoms with Gasteiger partial charge in [0.15, 0.2) is 0 Å². The second-order valence-corrected chi connectivity index (χ2v) is 5.33. The van der Waals surface area contributed by atoms with E-state index >= 15 is 0 Å². The van der Waals surface area contributed by atoms with E-state index in [9.17, 15) is 4.39 Å². The number of rotatable bonds is 3. The molecule has 0 radical (unpaired) electrons. The van der Waals surface area contributed by atoms with Crippen LogP contribution in [0.15, 0.2) is 60.7 Å². The fourth-order valence-corrected chi connectivity index (χ4v) is 2.81. The number of hydrogen-bond acceptors (Lipinski definition) is 1. The molecule has 0 saturated heterocycles. The van der Waals surface area contributed by atoms with E-state index in [1.807, 2.05) is 32.2 Å². The van der Waals surface area contributed by atoms with Crippen molar-refractivity contribution < 1.29 is 4.39 Å². The van der Waals surface area contributed by atoms with E-state index in [1.165, 1.54) is 16.8 Å². The van der Waals surface area contributed by atoms with Crippen molar-refractivity contribution in [2.45, 2.75) is 13.0 Å². The van der Waals surface area contributed by atoms with Gasteiger partial charge >= 0.3 is 0 Å². The second-order valence-electron chi connectivity index (χ2n) is 5.33. The third kappa shape index (κ3) is 2.67. The normalized spacial score (nSPS) is 12.5. The van der Waals surface area contributed by atoms with E-state index in [2.05, 4.69) is 35.6 Å². The molecular formula is C19H18FN. The zero-order chi connectivity index (χ0) is 14.8. The largest absolute Gasteiger partial charge is 0.309 e. The topological polar surface area (TPSA) is 12.0 Å². The molecule has 3 aromatic carbocycles. The molecule has 0 aliphatic rings. The summed E-state index contributed by atoms with van der Waals surface area (Å²) in [5.74, 6) is -0.198. The van der Waals surface area contributed by atoms with Gasteiger partial charge < -0.3 is 5.32 Å². The molecule has 1 nitrogen and oxygen atoms in total. The summed E-state index contributed by atoms with van der Waals surface area (Å²) in [6.07, 6.45) is 0. The number of benzene rings is 3. The van der Waals surface area contributed by atoms with Crippen LogP contribution < -0.4 is 5.32 Å². The fourth-order valence-electron chi connectivity index (χ4n) is 2.81. The van der Waals surface area contributed by atoms with Crippen molar-refractivity contribution in [1.82, 2.24) is 5.32 Å². The Bertz CT molecular complexity index is 779. The number of halogens is 1. The van der Waals surface area contributed by atoms with E-state index < -0.39 is 0 Å². The summed E-state index contributed by atoms with van der Waals surface area (Å²) < 4.78 is 13.6. The molecule has 2 heteroatoms. The molecule has 3 aromatic rings. The Balaban J connectivity index is 2.11. The monoisotopic (exact) mass is 279 g/mol. The molecule has 1 unspecified atom stereocenters. The lowest BCUT2D eigenvalue weighted by Crippen LogP contribution is -2.18. The summed E-state index contributed by atoms with van der Waals surface area (Å²) in [4.78, 5) is 0. The molecule has 0 aliphatic heterocycles. The van der Waals surface area contributed by atoms with Gasteiger partial charge in [-0.2, -0.15) is 0 Å². The van der Waals surface area contributed by atoms with Crippen LogP contribution in [-0.2, 0) is 0 Å². The average molecular weight is 279 g/mol. The zero-order valence-electron chi connectivity index (χ0n) is 12.2. The van der Waals surface area contributed by atoms with E-state index in [-0.39, 0.29) is 11.9 Å². The SMILES string of the molecule is CNC(c1ccc2ccccc2c1)c1cc(F)ccc1C. The van der Waals surface area contributed by atoms with Crippen LogP contribution in [0.1, 0.15) is 22.7 Å². The van der Waals surface area contributed by atoms with Crippen molar-refractivity contribution in [3.63, 3.8) is 0 Å². The predicted octanol–water partition coefficient (Wildman–Crippen LogP) is 4.60. The van der Waals surface area contributed by atoms with Crippen LogP contribution in [0, 0.1) is 12.7 Å². The molecule has 3 rings (SSSR count). The fraction of sp³-hybridized carbons (Fsp3) is 0.158. The van der Waals surface area contributed by atoms with E-state index in [1.54, 1.807) is 6.07 Å². The van der Waals surface area contributed by atoms with Crippen LogP contribution in [-0.4, -0.2) is 7.05 Å². The highest BCUT2D eigenvalue weighted by atomic mass is 19.1. The van der Waals surface area contributed by atoms with Crippen LogP contribution in [0.4, 0.5) is 4.39 Å². The van der Waals surface area contributed by atoms with Gasteiger partial charge in [0, 0.05) is 0 Å². The minimum Gasteiger partial charge on any atom is -0.309 e. The summed E-state index contributed by atoms with van der Waals surface area (Å²) in [7, 11) is 1.91. The molecule has 0 aliphatic carbocycles. The van der Waals surface area contributed by atoms with Crippen molar-refractivity contribution in [3.8, 4) is 0 Å². The van der Waals surface area contributed by atoms with Crippen molar-refractivity contribution in [3.05, 3.63) is 83.2 Å². The highest BCUT2D eigenvalue weighted by Crippen LogP contribution is 2.27. The van der Waals surface area contributed by atoms with Gasteiger partial charge in [0.2, 0.25) is 0 Å².